The topological polar surface area (TPSA) is 43.4 Å². The van der Waals surface area contributed by atoms with Gasteiger partial charge in [-0.05, 0) is 6.08 Å². The number of ether oxygens (including phenoxy) is 1. The van der Waals surface area contributed by atoms with E-state index in [1.54, 1.807) is 0 Å². The first kappa shape index (κ1) is 8.78. The molecule has 2 atom stereocenters. The Bertz CT molecular complexity index is 358. The molecule has 68 valence electrons. The number of hydrogen-bond acceptors (Lipinski definition) is 3. The number of carbonyl (C=O) groups excluding carboxylic acids is 2. The van der Waals surface area contributed by atoms with Crippen molar-refractivity contribution in [2.75, 3.05) is 0 Å². The van der Waals surface area contributed by atoms with Crippen LogP contribution >= 0.6 is 23.2 Å². The number of hydrogen-bond donors (Lipinski definition) is 0. The lowest BCUT2D eigenvalue weighted by Crippen LogP contribution is -2.34. The first-order valence-corrected chi connectivity index (χ1v) is 4.31. The van der Waals surface area contributed by atoms with Crippen molar-refractivity contribution in [3.63, 3.8) is 0 Å². The Balaban J connectivity index is 2.54. The Morgan fingerprint density at radius 1 is 1.46 bits per heavy atom. The van der Waals surface area contributed by atoms with Crippen molar-refractivity contribution in [1.82, 2.24) is 0 Å². The highest BCUT2D eigenvalue weighted by molar-refractivity contribution is 6.43. The molecule has 1 saturated heterocycles. The normalized spacial score (nSPS) is 37.1. The molecule has 3 nitrogen and oxygen atoms in total. The van der Waals surface area contributed by atoms with Gasteiger partial charge in [-0.1, -0.05) is 23.8 Å². The van der Waals surface area contributed by atoms with Crippen molar-refractivity contribution in [2.45, 2.75) is 4.87 Å². The molecule has 0 N–H and O–H groups in total. The van der Waals surface area contributed by atoms with E-state index < -0.39 is 22.7 Å². The van der Waals surface area contributed by atoms with Crippen LogP contribution in [0.25, 0.3) is 0 Å². The minimum absolute atomic E-state index is 0.230. The van der Waals surface area contributed by atoms with Crippen molar-refractivity contribution < 1.29 is 14.3 Å². The summed E-state index contributed by atoms with van der Waals surface area (Å²) >= 11 is 11.6. The molecule has 1 fully saturated rings. The number of carbonyl (C=O) groups is 2. The highest BCUT2D eigenvalue weighted by Crippen LogP contribution is 2.43. The third-order valence-corrected chi connectivity index (χ3v) is 2.87. The molecule has 2 rings (SSSR count). The molecule has 0 bridgehead atoms. The third-order valence-electron chi connectivity index (χ3n) is 2.03. The monoisotopic (exact) mass is 218 g/mol. The van der Waals surface area contributed by atoms with Crippen LogP contribution in [0.5, 0.6) is 0 Å². The second-order valence-corrected chi connectivity index (χ2v) is 3.88. The van der Waals surface area contributed by atoms with E-state index in [4.69, 9.17) is 23.2 Å². The van der Waals surface area contributed by atoms with Crippen LogP contribution in [-0.4, -0.2) is 16.8 Å². The summed E-state index contributed by atoms with van der Waals surface area (Å²) < 4.78 is 4.40. The lowest BCUT2D eigenvalue weighted by atomic mass is 9.90. The average molecular weight is 219 g/mol. The Hall–Kier alpha value is -0.800. The first-order valence-electron chi connectivity index (χ1n) is 3.55. The van der Waals surface area contributed by atoms with Gasteiger partial charge in [-0.15, -0.1) is 11.6 Å². The maximum absolute atomic E-state index is 11.2. The standard InChI is InChI=1S/C8H4Cl2O3/c9-4-2-1-3-8(10)5(4)6(11)13-7(8)12/h1-3,5H. The first-order chi connectivity index (χ1) is 6.05. The van der Waals surface area contributed by atoms with Gasteiger partial charge < -0.3 is 4.74 Å². The number of halogens is 2. The fraction of sp³-hybridized carbons (Fsp3) is 0.250. The molecule has 0 spiro atoms. The van der Waals surface area contributed by atoms with Gasteiger partial charge in [-0.2, -0.15) is 0 Å². The molecule has 2 unspecified atom stereocenters. The summed E-state index contributed by atoms with van der Waals surface area (Å²) in [4.78, 5) is 20.9. The number of alkyl halides is 1. The minimum atomic E-state index is -1.43. The molecular formula is C8H4Cl2O3. The molecule has 0 aromatic rings. The Morgan fingerprint density at radius 3 is 2.77 bits per heavy atom. The molecule has 0 aromatic carbocycles. The molecule has 5 heteroatoms. The zero-order chi connectivity index (χ0) is 9.64. The number of fused-ring (bicyclic) bond motifs is 1. The van der Waals surface area contributed by atoms with Gasteiger partial charge in [0.25, 0.3) is 0 Å². The quantitative estimate of drug-likeness (QED) is 0.351. The zero-order valence-electron chi connectivity index (χ0n) is 6.29. The van der Waals surface area contributed by atoms with Crippen molar-refractivity contribution >= 4 is 35.1 Å². The molecule has 0 radical (unpaired) electrons. The lowest BCUT2D eigenvalue weighted by Gasteiger charge is -2.20. The largest absolute Gasteiger partial charge is 0.391 e. The van der Waals surface area contributed by atoms with Gasteiger partial charge in [0.05, 0.1) is 0 Å². The summed E-state index contributed by atoms with van der Waals surface area (Å²) in [6.07, 6.45) is 4.47. The fourth-order valence-corrected chi connectivity index (χ4v) is 2.08. The number of esters is 2. The summed E-state index contributed by atoms with van der Waals surface area (Å²) in [7, 11) is 0. The van der Waals surface area contributed by atoms with Crippen LogP contribution in [0.15, 0.2) is 23.3 Å². The minimum Gasteiger partial charge on any atom is -0.391 e. The Morgan fingerprint density at radius 2 is 2.15 bits per heavy atom. The summed E-state index contributed by atoms with van der Waals surface area (Å²) in [5.74, 6) is -2.33. The maximum atomic E-state index is 11.2. The molecule has 0 amide bonds. The summed E-state index contributed by atoms with van der Waals surface area (Å²) in [5.41, 5.74) is 0. The van der Waals surface area contributed by atoms with Crippen LogP contribution in [0, 0.1) is 5.92 Å². The molecule has 1 heterocycles. The average Bonchev–Trinajstić information content (AvgIpc) is 2.24. The molecule has 1 aliphatic carbocycles. The summed E-state index contributed by atoms with van der Waals surface area (Å²) in [6.45, 7) is 0. The van der Waals surface area contributed by atoms with Crippen LogP contribution < -0.4 is 0 Å². The smallest absolute Gasteiger partial charge is 0.340 e. The number of allylic oxidation sites excluding steroid dienone is 2. The zero-order valence-corrected chi connectivity index (χ0v) is 7.80. The van der Waals surface area contributed by atoms with Gasteiger partial charge in [0, 0.05) is 5.03 Å². The number of rotatable bonds is 0. The SMILES string of the molecule is O=C1OC(=O)C2(Cl)C=CC=C(Cl)C12. The van der Waals surface area contributed by atoms with Crippen molar-refractivity contribution in [3.05, 3.63) is 23.3 Å². The van der Waals surface area contributed by atoms with Crippen LogP contribution in [-0.2, 0) is 14.3 Å². The Labute approximate surface area is 83.9 Å². The van der Waals surface area contributed by atoms with E-state index in [9.17, 15) is 9.59 Å². The van der Waals surface area contributed by atoms with E-state index in [-0.39, 0.29) is 5.03 Å². The summed E-state index contributed by atoms with van der Waals surface area (Å²) in [5, 5.41) is 0.230. The molecule has 2 aliphatic rings. The highest BCUT2D eigenvalue weighted by atomic mass is 35.5. The highest BCUT2D eigenvalue weighted by Gasteiger charge is 2.57. The number of cyclic esters (lactones) is 2. The van der Waals surface area contributed by atoms with Gasteiger partial charge in [0.1, 0.15) is 5.92 Å². The Kier molecular flexibility index (Phi) is 1.75. The molecule has 0 aromatic heterocycles. The van der Waals surface area contributed by atoms with Crippen molar-refractivity contribution in [2.24, 2.45) is 5.92 Å². The maximum Gasteiger partial charge on any atom is 0.340 e. The predicted molar refractivity (Wildman–Crippen MR) is 46.2 cm³/mol. The van der Waals surface area contributed by atoms with Gasteiger partial charge in [-0.25, -0.2) is 4.79 Å². The molecular weight excluding hydrogens is 215 g/mol. The molecule has 13 heavy (non-hydrogen) atoms. The summed E-state index contributed by atoms with van der Waals surface area (Å²) in [6, 6.07) is 0. The third kappa shape index (κ3) is 1.04. The van der Waals surface area contributed by atoms with Gasteiger partial charge in [-0.3, -0.25) is 4.79 Å². The van der Waals surface area contributed by atoms with Gasteiger partial charge in [0.2, 0.25) is 0 Å². The van der Waals surface area contributed by atoms with Crippen molar-refractivity contribution in [3.8, 4) is 0 Å². The predicted octanol–water partition coefficient (Wildman–Crippen LogP) is 1.36. The van der Waals surface area contributed by atoms with Crippen LogP contribution in [0.2, 0.25) is 0 Å². The molecule has 0 saturated carbocycles. The van der Waals surface area contributed by atoms with Crippen LogP contribution in [0.1, 0.15) is 0 Å². The van der Waals surface area contributed by atoms with E-state index in [0.717, 1.165) is 0 Å². The van der Waals surface area contributed by atoms with Gasteiger partial charge >= 0.3 is 11.9 Å². The second-order valence-electron chi connectivity index (χ2n) is 2.82. The van der Waals surface area contributed by atoms with Gasteiger partial charge in [0.15, 0.2) is 4.87 Å². The van der Waals surface area contributed by atoms with Crippen LogP contribution in [0.3, 0.4) is 0 Å². The van der Waals surface area contributed by atoms with Crippen molar-refractivity contribution in [1.29, 1.82) is 0 Å². The van der Waals surface area contributed by atoms with E-state index in [2.05, 4.69) is 4.74 Å². The fourth-order valence-electron chi connectivity index (χ4n) is 1.37. The van der Waals surface area contributed by atoms with Crippen LogP contribution in [0.4, 0.5) is 0 Å². The van der Waals surface area contributed by atoms with E-state index >= 15 is 0 Å². The van der Waals surface area contributed by atoms with E-state index in [1.165, 1.54) is 18.2 Å². The second kappa shape index (κ2) is 2.59. The van der Waals surface area contributed by atoms with E-state index in [1.807, 2.05) is 0 Å². The molecule has 1 aliphatic heterocycles. The van der Waals surface area contributed by atoms with E-state index in [0.29, 0.717) is 0 Å². The lowest BCUT2D eigenvalue weighted by molar-refractivity contribution is -0.153.